The third kappa shape index (κ3) is 1.83. The maximum absolute atomic E-state index is 6.06. The Bertz CT molecular complexity index is 400. The van der Waals surface area contributed by atoms with Crippen LogP contribution < -0.4 is 0 Å². The number of hydrazone groups is 1. The van der Waals surface area contributed by atoms with Crippen LogP contribution in [-0.4, -0.2) is 53.9 Å². The van der Waals surface area contributed by atoms with Crippen molar-refractivity contribution in [2.24, 2.45) is 10.1 Å². The number of hydrogen-bond acceptors (Lipinski definition) is 5. The number of rotatable bonds is 1. The number of amidine groups is 1. The van der Waals surface area contributed by atoms with E-state index in [1.54, 1.807) is 6.20 Å². The smallest absolute Gasteiger partial charge is 0.200 e. The van der Waals surface area contributed by atoms with Crippen molar-refractivity contribution >= 4 is 23.1 Å². The van der Waals surface area contributed by atoms with Gasteiger partial charge in [0.25, 0.3) is 0 Å². The fourth-order valence-corrected chi connectivity index (χ4v) is 2.62. The third-order valence-corrected chi connectivity index (χ3v) is 3.80. The van der Waals surface area contributed by atoms with E-state index in [4.69, 9.17) is 16.3 Å². The van der Waals surface area contributed by atoms with Crippen molar-refractivity contribution in [3.8, 4) is 0 Å². The predicted octanol–water partition coefficient (Wildman–Crippen LogP) is 1.22. The van der Waals surface area contributed by atoms with E-state index in [2.05, 4.69) is 15.1 Å². The Morgan fingerprint density at radius 1 is 1.41 bits per heavy atom. The molecule has 1 atom stereocenters. The van der Waals surface area contributed by atoms with Crippen LogP contribution in [0.5, 0.6) is 0 Å². The monoisotopic (exact) mass is 254 g/mol. The van der Waals surface area contributed by atoms with Gasteiger partial charge in [0.05, 0.1) is 12.3 Å². The second kappa shape index (κ2) is 4.31. The fraction of sp³-hybridized carbons (Fsp3) is 0.636. The quantitative estimate of drug-likeness (QED) is 0.661. The number of aliphatic imine (C=N–C) groups is 1. The number of hydrogen-bond donors (Lipinski definition) is 0. The zero-order valence-electron chi connectivity index (χ0n) is 9.71. The minimum atomic E-state index is 0.100. The average Bonchev–Trinajstić information content (AvgIpc) is 2.79. The molecule has 0 amide bonds. The Hall–Kier alpha value is -1.07. The van der Waals surface area contributed by atoms with Gasteiger partial charge in [-0.2, -0.15) is 5.10 Å². The Morgan fingerprint density at radius 3 is 2.94 bits per heavy atom. The van der Waals surface area contributed by atoms with Gasteiger partial charge in [-0.15, -0.1) is 0 Å². The zero-order chi connectivity index (χ0) is 11.8. The molecule has 0 bridgehead atoms. The lowest BCUT2D eigenvalue weighted by atomic mass is 10.1. The second-order valence-electron chi connectivity index (χ2n) is 4.48. The molecule has 0 spiro atoms. The van der Waals surface area contributed by atoms with Crippen molar-refractivity contribution in [2.75, 3.05) is 20.3 Å². The van der Waals surface area contributed by atoms with Gasteiger partial charge >= 0.3 is 0 Å². The molecule has 0 aromatic heterocycles. The van der Waals surface area contributed by atoms with Crippen LogP contribution in [0.4, 0.5) is 0 Å². The summed E-state index contributed by atoms with van der Waals surface area (Å²) in [5, 5.41) is 7.15. The standard InChI is InChI=1S/C11H15ClN4O/c1-15-10-8(6-13-11(15)12)7-14-16(10)9-2-4-17-5-3-9/h6-7,9-10H,2-5H2,1H3. The summed E-state index contributed by atoms with van der Waals surface area (Å²) < 4.78 is 5.39. The average molecular weight is 255 g/mol. The highest BCUT2D eigenvalue weighted by Gasteiger charge is 2.37. The van der Waals surface area contributed by atoms with Gasteiger partial charge in [0.15, 0.2) is 5.29 Å². The number of likely N-dealkylation sites (N-methyl/N-ethyl adjacent to an activating group) is 1. The minimum absolute atomic E-state index is 0.100. The highest BCUT2D eigenvalue weighted by atomic mass is 35.5. The molecule has 3 aliphatic rings. The second-order valence-corrected chi connectivity index (χ2v) is 4.82. The number of nitrogens with zero attached hydrogens (tertiary/aromatic N) is 4. The normalized spacial score (nSPS) is 29.2. The van der Waals surface area contributed by atoms with Crippen molar-refractivity contribution < 1.29 is 4.74 Å². The minimum Gasteiger partial charge on any atom is -0.381 e. The fourth-order valence-electron chi connectivity index (χ4n) is 2.48. The van der Waals surface area contributed by atoms with Gasteiger partial charge in [-0.05, 0) is 24.4 Å². The van der Waals surface area contributed by atoms with E-state index in [0.717, 1.165) is 31.6 Å². The third-order valence-electron chi connectivity index (χ3n) is 3.43. The molecule has 0 aromatic rings. The van der Waals surface area contributed by atoms with Gasteiger partial charge in [0, 0.05) is 32.0 Å². The summed E-state index contributed by atoms with van der Waals surface area (Å²) >= 11 is 6.06. The molecule has 0 aliphatic carbocycles. The topological polar surface area (TPSA) is 40.4 Å². The molecule has 1 unspecified atom stereocenters. The van der Waals surface area contributed by atoms with Crippen molar-refractivity contribution in [3.05, 3.63) is 11.8 Å². The molecule has 1 fully saturated rings. The van der Waals surface area contributed by atoms with Crippen molar-refractivity contribution in [1.82, 2.24) is 9.91 Å². The van der Waals surface area contributed by atoms with Crippen LogP contribution in [0.25, 0.3) is 0 Å². The maximum atomic E-state index is 6.06. The summed E-state index contributed by atoms with van der Waals surface area (Å²) in [6.45, 7) is 1.63. The largest absolute Gasteiger partial charge is 0.381 e. The lowest BCUT2D eigenvalue weighted by Gasteiger charge is -2.39. The van der Waals surface area contributed by atoms with Crippen LogP contribution >= 0.6 is 11.6 Å². The molecule has 17 heavy (non-hydrogen) atoms. The SMILES string of the molecule is CN1C(Cl)=NC=C2C=NN(C3CCOCC3)C21. The Kier molecular flexibility index (Phi) is 2.80. The highest BCUT2D eigenvalue weighted by molar-refractivity contribution is 6.64. The first-order valence-electron chi connectivity index (χ1n) is 5.83. The van der Waals surface area contributed by atoms with E-state index >= 15 is 0 Å². The highest BCUT2D eigenvalue weighted by Crippen LogP contribution is 2.29. The van der Waals surface area contributed by atoms with Crippen LogP contribution in [0.2, 0.25) is 0 Å². The molecule has 0 N–H and O–H groups in total. The van der Waals surface area contributed by atoms with Crippen LogP contribution in [-0.2, 0) is 4.74 Å². The summed E-state index contributed by atoms with van der Waals surface area (Å²) in [5.41, 5.74) is 1.10. The molecule has 92 valence electrons. The molecule has 1 saturated heterocycles. The van der Waals surface area contributed by atoms with Crippen LogP contribution in [0.15, 0.2) is 21.9 Å². The molecule has 3 rings (SSSR count). The molecule has 3 aliphatic heterocycles. The van der Waals surface area contributed by atoms with E-state index < -0.39 is 0 Å². The molecule has 0 radical (unpaired) electrons. The van der Waals surface area contributed by atoms with Gasteiger partial charge in [0.2, 0.25) is 0 Å². The van der Waals surface area contributed by atoms with Crippen molar-refractivity contribution in [3.63, 3.8) is 0 Å². The summed E-state index contributed by atoms with van der Waals surface area (Å²) in [5.74, 6) is 0. The molecular formula is C11H15ClN4O. The van der Waals surface area contributed by atoms with Gasteiger partial charge in [-0.1, -0.05) is 0 Å². The number of ether oxygens (including phenoxy) is 1. The van der Waals surface area contributed by atoms with E-state index in [1.165, 1.54) is 0 Å². The maximum Gasteiger partial charge on any atom is 0.200 e. The van der Waals surface area contributed by atoms with Gasteiger partial charge in [-0.25, -0.2) is 4.99 Å². The number of halogens is 1. The lowest BCUT2D eigenvalue weighted by Crippen LogP contribution is -2.50. The Balaban J connectivity index is 1.82. The van der Waals surface area contributed by atoms with Crippen LogP contribution in [0.3, 0.4) is 0 Å². The predicted molar refractivity (Wildman–Crippen MR) is 67.1 cm³/mol. The summed E-state index contributed by atoms with van der Waals surface area (Å²) in [7, 11) is 1.95. The lowest BCUT2D eigenvalue weighted by molar-refractivity contribution is 0.00988. The molecule has 5 nitrogen and oxygen atoms in total. The van der Waals surface area contributed by atoms with Gasteiger partial charge in [-0.3, -0.25) is 5.01 Å². The Morgan fingerprint density at radius 2 is 2.18 bits per heavy atom. The molecule has 0 saturated carbocycles. The first kappa shape index (κ1) is 11.0. The van der Waals surface area contributed by atoms with Crippen LogP contribution in [0.1, 0.15) is 12.8 Å². The van der Waals surface area contributed by atoms with Gasteiger partial charge in [0.1, 0.15) is 6.17 Å². The molecule has 3 heterocycles. The first-order valence-corrected chi connectivity index (χ1v) is 6.21. The van der Waals surface area contributed by atoms with E-state index in [9.17, 15) is 0 Å². The van der Waals surface area contributed by atoms with Gasteiger partial charge < -0.3 is 9.64 Å². The van der Waals surface area contributed by atoms with E-state index in [1.807, 2.05) is 18.2 Å². The summed E-state index contributed by atoms with van der Waals surface area (Å²) in [4.78, 5) is 6.09. The first-order chi connectivity index (χ1) is 8.27. The summed E-state index contributed by atoms with van der Waals surface area (Å²) in [6.07, 6.45) is 5.82. The molecule has 0 aromatic carbocycles. The molecular weight excluding hydrogens is 240 g/mol. The van der Waals surface area contributed by atoms with E-state index in [0.29, 0.717) is 11.3 Å². The summed E-state index contributed by atoms with van der Waals surface area (Å²) in [6, 6.07) is 0.431. The Labute approximate surface area is 105 Å². The van der Waals surface area contributed by atoms with Crippen LogP contribution in [0, 0.1) is 0 Å². The zero-order valence-corrected chi connectivity index (χ0v) is 10.5. The van der Waals surface area contributed by atoms with Crippen molar-refractivity contribution in [1.29, 1.82) is 0 Å². The number of fused-ring (bicyclic) bond motifs is 1. The molecule has 6 heteroatoms. The van der Waals surface area contributed by atoms with Crippen molar-refractivity contribution in [2.45, 2.75) is 25.0 Å². The van der Waals surface area contributed by atoms with E-state index in [-0.39, 0.29) is 6.17 Å².